The van der Waals surface area contributed by atoms with Crippen LogP contribution >= 0.6 is 0 Å². The number of Topliss-reactive ketones (excluding diaryl/α,β-unsaturated/α-hetero) is 1. The number of phenols is 2. The minimum Gasteiger partial charge on any atom is -0.507 e. The average molecular weight is 886 g/mol. The number of rotatable bonds is 6. The van der Waals surface area contributed by atoms with Gasteiger partial charge in [0.05, 0.1) is 35.5 Å². The summed E-state index contributed by atoms with van der Waals surface area (Å²) in [6.07, 6.45) is 5.27. The molecule has 0 saturated carbocycles. The molecule has 0 aromatic heterocycles. The standard InChI is InChI=1S/C48H59N3O13/c1-12-13-18-51(10)29-20-30(53)36-32(21-29)63-45-37(49-36)33-34-41(56)27(7)44-35(33)46(58)48(9,64-44)61-19-17-31(60-11)24(4)43(62-28(8)52)26(6)40(55)25(5)39(54)22(2)15-14-16-23(3)47(59)50-38(45)42(34)57/h14-17,19-22,24-26,31,39-40,43,53-56H,12-13,18H2,1-11H3,(H,50,59)/b15-14+,19-17+,23-16-/t22-,24+,25+,26+,31-,39-,40+,43+,48-/m0/s1. The second-order valence-electron chi connectivity index (χ2n) is 17.3. The number of unbranched alkanes of at least 4 members (excludes halogenated alkanes) is 1. The summed E-state index contributed by atoms with van der Waals surface area (Å²) in [7, 11) is 3.29. The molecule has 1 aliphatic carbocycles. The largest absolute Gasteiger partial charge is 0.507 e. The molecule has 9 atom stereocenters. The van der Waals surface area contributed by atoms with Crippen LogP contribution < -0.4 is 20.4 Å². The maximum absolute atomic E-state index is 14.8. The van der Waals surface area contributed by atoms with E-state index in [0.717, 1.165) is 12.8 Å². The first-order valence-corrected chi connectivity index (χ1v) is 21.5. The zero-order valence-electron chi connectivity index (χ0n) is 38.1. The molecule has 2 aromatic rings. The molecule has 7 rings (SSSR count). The Morgan fingerprint density at radius 2 is 1.70 bits per heavy atom. The Morgan fingerprint density at radius 3 is 2.36 bits per heavy atom. The van der Waals surface area contributed by atoms with E-state index in [-0.39, 0.29) is 67.2 Å². The fourth-order valence-corrected chi connectivity index (χ4v) is 8.62. The average Bonchev–Trinajstić information content (AvgIpc) is 3.52. The van der Waals surface area contributed by atoms with Crippen LogP contribution in [-0.2, 0) is 23.8 Å². The van der Waals surface area contributed by atoms with Crippen molar-refractivity contribution < 1.29 is 58.2 Å². The van der Waals surface area contributed by atoms with Gasteiger partial charge in [0.2, 0.25) is 5.43 Å². The number of carbonyl (C=O) groups excluding carboxylic acids is 3. The second-order valence-corrected chi connectivity index (χ2v) is 17.3. The van der Waals surface area contributed by atoms with Crippen molar-refractivity contribution >= 4 is 50.9 Å². The smallest absolute Gasteiger partial charge is 0.312 e. The molecule has 5 N–H and O–H groups in total. The Balaban J connectivity index is 1.61. The summed E-state index contributed by atoms with van der Waals surface area (Å²) in [5, 5.41) is 48.3. The fraction of sp³-hybridized carbons (Fsp3) is 0.479. The van der Waals surface area contributed by atoms with Gasteiger partial charge in [-0.2, -0.15) is 0 Å². The van der Waals surface area contributed by atoms with Gasteiger partial charge in [-0.25, -0.2) is 4.98 Å². The lowest BCUT2D eigenvalue weighted by atomic mass is 9.78. The molecule has 0 radical (unpaired) electrons. The Hall–Kier alpha value is -5.97. The molecular weight excluding hydrogens is 827 g/mol. The maximum atomic E-state index is 14.8. The fourth-order valence-electron chi connectivity index (χ4n) is 8.62. The highest BCUT2D eigenvalue weighted by molar-refractivity contribution is 6.22. The zero-order valence-corrected chi connectivity index (χ0v) is 38.1. The number of carbonyl (C=O) groups is 3. The van der Waals surface area contributed by atoms with Gasteiger partial charge >= 0.3 is 11.8 Å². The van der Waals surface area contributed by atoms with Gasteiger partial charge in [-0.3, -0.25) is 19.2 Å². The summed E-state index contributed by atoms with van der Waals surface area (Å²) in [5.74, 6) is -7.85. The molecule has 0 spiro atoms. The van der Waals surface area contributed by atoms with Crippen LogP contribution in [0.2, 0.25) is 0 Å². The van der Waals surface area contributed by atoms with Crippen LogP contribution in [0.4, 0.5) is 11.4 Å². The number of aromatic nitrogens is 1. The lowest BCUT2D eigenvalue weighted by Gasteiger charge is -2.38. The van der Waals surface area contributed by atoms with E-state index in [1.165, 1.54) is 59.3 Å². The van der Waals surface area contributed by atoms with Gasteiger partial charge in [-0.15, -0.1) is 0 Å². The van der Waals surface area contributed by atoms with E-state index >= 15 is 0 Å². The SMILES string of the molecule is CCCCN(C)c1cc(O)c2nc3c4c5c6c(C)c(O)c4c(=O)c(c-3oc2c1)NC(=O)/C(C)=C\C=C\[C@H](C)[C@H](O)[C@@H](C)[C@@H](O)[C@@H](C)[C@H](OC(C)=O)[C@H](C)[C@@H](OC)/C=C/O[C@@](C)(O6)C5=O. The summed E-state index contributed by atoms with van der Waals surface area (Å²) in [4.78, 5) is 62.5. The van der Waals surface area contributed by atoms with Crippen molar-refractivity contribution in [3.63, 3.8) is 0 Å². The Morgan fingerprint density at radius 1 is 1.00 bits per heavy atom. The van der Waals surface area contributed by atoms with E-state index in [1.807, 2.05) is 11.9 Å². The number of anilines is 2. The molecule has 16 nitrogen and oxygen atoms in total. The molecule has 344 valence electrons. The van der Waals surface area contributed by atoms with Gasteiger partial charge in [0.1, 0.15) is 40.3 Å². The highest BCUT2D eigenvalue weighted by Gasteiger charge is 2.50. The minimum atomic E-state index is -2.08. The van der Waals surface area contributed by atoms with Crippen LogP contribution in [-0.4, -0.2) is 94.0 Å². The van der Waals surface area contributed by atoms with Crippen LogP contribution in [0.15, 0.2) is 57.5 Å². The number of hydrogen-bond acceptors (Lipinski definition) is 15. The third-order valence-electron chi connectivity index (χ3n) is 12.7. The topological polar surface area (TPSA) is 227 Å². The predicted molar refractivity (Wildman–Crippen MR) is 241 cm³/mol. The molecule has 5 aliphatic rings. The van der Waals surface area contributed by atoms with Gasteiger partial charge in [0, 0.05) is 92.6 Å². The minimum absolute atomic E-state index is 0.0203. The van der Waals surface area contributed by atoms with Crippen LogP contribution in [0.1, 0.15) is 84.2 Å². The number of aliphatic hydroxyl groups excluding tert-OH is 2. The van der Waals surface area contributed by atoms with E-state index in [2.05, 4.69) is 12.2 Å². The number of hydrogen-bond donors (Lipinski definition) is 5. The predicted octanol–water partition coefficient (Wildman–Crippen LogP) is 6.89. The highest BCUT2D eigenvalue weighted by Crippen LogP contribution is 2.51. The van der Waals surface area contributed by atoms with Gasteiger partial charge in [-0.05, 0) is 26.3 Å². The number of ether oxygens (including phenoxy) is 4. The van der Waals surface area contributed by atoms with E-state index in [4.69, 9.17) is 28.3 Å². The first-order chi connectivity index (χ1) is 30.2. The van der Waals surface area contributed by atoms with Crippen LogP contribution in [0.3, 0.4) is 0 Å². The number of allylic oxidation sites excluding steroid dienone is 2. The summed E-state index contributed by atoms with van der Waals surface area (Å²) in [5.41, 5.74) is -0.764. The van der Waals surface area contributed by atoms with Crippen molar-refractivity contribution in [2.24, 2.45) is 23.7 Å². The summed E-state index contributed by atoms with van der Waals surface area (Å²) in [6.45, 7) is 15.2. The monoisotopic (exact) mass is 885 g/mol. The molecule has 0 saturated heterocycles. The Bertz CT molecular complexity index is 2600. The number of nitrogens with one attached hydrogen (secondary N) is 1. The lowest BCUT2D eigenvalue weighted by Crippen LogP contribution is -2.46. The van der Waals surface area contributed by atoms with Gasteiger partial charge in [0.15, 0.2) is 11.3 Å². The Kier molecular flexibility index (Phi) is 13.8. The van der Waals surface area contributed by atoms with Crippen molar-refractivity contribution in [3.8, 4) is 28.7 Å². The third-order valence-corrected chi connectivity index (χ3v) is 12.7. The molecule has 0 unspecified atom stereocenters. The highest BCUT2D eigenvalue weighted by atomic mass is 16.7. The number of phenolic OH excluding ortho intramolecular Hbond substituents is 2. The van der Waals surface area contributed by atoms with Crippen LogP contribution in [0.25, 0.3) is 33.3 Å². The number of benzene rings is 3. The normalized spacial score (nSPS) is 28.7. The summed E-state index contributed by atoms with van der Waals surface area (Å²) in [6, 6.07) is 3.17. The van der Waals surface area contributed by atoms with E-state index in [9.17, 15) is 39.6 Å². The number of aliphatic hydroxyl groups is 2. The van der Waals surface area contributed by atoms with Crippen LogP contribution in [0.5, 0.6) is 17.2 Å². The lowest BCUT2D eigenvalue weighted by molar-refractivity contribution is -0.160. The molecular formula is C48H59N3O13. The first kappa shape index (κ1) is 47.5. The van der Waals surface area contributed by atoms with Crippen molar-refractivity contribution in [1.82, 2.24) is 4.98 Å². The van der Waals surface area contributed by atoms with Crippen molar-refractivity contribution in [2.45, 2.75) is 105 Å². The third kappa shape index (κ3) is 8.65. The van der Waals surface area contributed by atoms with E-state index < -0.39 is 82.7 Å². The van der Waals surface area contributed by atoms with Crippen molar-refractivity contribution in [2.75, 3.05) is 30.9 Å². The quantitative estimate of drug-likeness (QED) is 0.0755. The van der Waals surface area contributed by atoms with Crippen molar-refractivity contribution in [1.29, 1.82) is 0 Å². The molecule has 2 aromatic carbocycles. The number of esters is 1. The molecule has 16 heteroatoms. The number of aromatic hydroxyl groups is 2. The van der Waals surface area contributed by atoms with Crippen LogP contribution in [0, 0.1) is 30.6 Å². The second kappa shape index (κ2) is 18.6. The molecule has 5 bridgehead atoms. The molecule has 1 amide bonds. The molecule has 64 heavy (non-hydrogen) atoms. The molecule has 4 heterocycles. The number of nitrogens with zero attached hydrogens (tertiary/aromatic N) is 2. The number of fused-ring (bicyclic) bond motifs is 14. The van der Waals surface area contributed by atoms with E-state index in [1.54, 1.807) is 45.9 Å². The van der Waals surface area contributed by atoms with E-state index in [0.29, 0.717) is 12.2 Å². The first-order valence-electron chi connectivity index (χ1n) is 21.5. The molecule has 0 fully saturated rings. The van der Waals surface area contributed by atoms with Crippen molar-refractivity contribution in [3.05, 3.63) is 69.6 Å². The maximum Gasteiger partial charge on any atom is 0.312 e. The number of ketones is 1. The van der Waals surface area contributed by atoms with Gasteiger partial charge < -0.3 is 54.0 Å². The zero-order chi connectivity index (χ0) is 47.1. The summed E-state index contributed by atoms with van der Waals surface area (Å²) < 4.78 is 30.2. The van der Waals surface area contributed by atoms with Gasteiger partial charge in [0.25, 0.3) is 11.7 Å². The number of methoxy groups -OCH3 is 1. The summed E-state index contributed by atoms with van der Waals surface area (Å²) >= 11 is 0. The Labute approximate surface area is 371 Å². The van der Waals surface area contributed by atoms with Gasteiger partial charge in [-0.1, -0.05) is 59.3 Å². The number of amides is 1. The molecule has 4 aliphatic heterocycles.